The Morgan fingerprint density at radius 1 is 1.18 bits per heavy atom. The van der Waals surface area contributed by atoms with Crippen LogP contribution in [0.4, 0.5) is 0 Å². The first kappa shape index (κ1) is 25.4. The van der Waals surface area contributed by atoms with Crippen LogP contribution in [0.25, 0.3) is 5.57 Å². The molecule has 0 atom stereocenters. The Balaban J connectivity index is 0.00000187. The summed E-state index contributed by atoms with van der Waals surface area (Å²) in [6, 6.07) is 2.06. The van der Waals surface area contributed by atoms with E-state index >= 15 is 0 Å². The summed E-state index contributed by atoms with van der Waals surface area (Å²) in [5.41, 5.74) is 8.88. The minimum absolute atomic E-state index is 0.0127. The number of terminal acetylenes is 1. The summed E-state index contributed by atoms with van der Waals surface area (Å²) in [5, 5.41) is 14.4. The van der Waals surface area contributed by atoms with E-state index in [4.69, 9.17) is 0 Å². The largest absolute Gasteiger partial charge is 0.372 e. The predicted octanol–water partition coefficient (Wildman–Crippen LogP) is 3.85. The number of carbonyl (C=O) groups is 2. The van der Waals surface area contributed by atoms with E-state index < -0.39 is 0 Å². The number of nitrogens with one attached hydrogen (secondary N) is 3. The van der Waals surface area contributed by atoms with Gasteiger partial charge in [-0.2, -0.15) is 16.4 Å². The number of allylic oxidation sites excluding steroid dienone is 6. The number of hydrogen-bond donors (Lipinski definition) is 3. The van der Waals surface area contributed by atoms with Gasteiger partial charge in [-0.05, 0) is 41.0 Å². The quantitative estimate of drug-likeness (QED) is 0.328. The monoisotopic (exact) mass is 460 g/mol. The second kappa shape index (κ2) is 15.0. The fraction of sp³-hybridized carbons (Fsp3) is 0.231. The van der Waals surface area contributed by atoms with E-state index in [0.717, 1.165) is 23.1 Å². The van der Waals surface area contributed by atoms with Crippen molar-refractivity contribution >= 4 is 34.6 Å². The maximum absolute atomic E-state index is 12.3. The molecule has 2 heterocycles. The second-order valence-corrected chi connectivity index (χ2v) is 7.76. The number of rotatable bonds is 7. The van der Waals surface area contributed by atoms with Crippen molar-refractivity contribution in [1.82, 2.24) is 16.1 Å². The van der Waals surface area contributed by atoms with Crippen LogP contribution >= 0.6 is 11.3 Å². The van der Waals surface area contributed by atoms with Gasteiger partial charge in [-0.3, -0.25) is 9.59 Å². The van der Waals surface area contributed by atoms with Crippen LogP contribution in [0.15, 0.2) is 81.8 Å². The van der Waals surface area contributed by atoms with Gasteiger partial charge in [-0.25, -0.2) is 5.43 Å². The third kappa shape index (κ3) is 9.88. The van der Waals surface area contributed by atoms with E-state index in [0.29, 0.717) is 38.2 Å². The average molecular weight is 461 g/mol. The molecule has 33 heavy (non-hydrogen) atoms. The third-order valence-electron chi connectivity index (χ3n) is 4.52. The zero-order chi connectivity index (χ0) is 23.7. The Morgan fingerprint density at radius 2 is 2.00 bits per heavy atom. The number of carbonyl (C=O) groups excluding carboxylic acids is 2. The molecule has 2 aliphatic rings. The summed E-state index contributed by atoms with van der Waals surface area (Å²) in [6.07, 6.45) is 25.3. The number of nitrogens with zero attached hydrogens (tertiary/aromatic N) is 1. The molecule has 2 amide bonds. The molecule has 1 aliphatic heterocycles. The van der Waals surface area contributed by atoms with E-state index in [9.17, 15) is 9.59 Å². The normalized spacial score (nSPS) is 18.6. The Kier molecular flexibility index (Phi) is 11.6. The minimum atomic E-state index is -0.146. The molecule has 0 aromatic carbocycles. The van der Waals surface area contributed by atoms with Gasteiger partial charge >= 0.3 is 0 Å². The number of amides is 2. The second-order valence-electron chi connectivity index (χ2n) is 6.98. The van der Waals surface area contributed by atoms with Crippen LogP contribution in [0.5, 0.6) is 0 Å². The van der Waals surface area contributed by atoms with Crippen LogP contribution in [0.1, 0.15) is 31.2 Å². The highest BCUT2D eigenvalue weighted by Gasteiger charge is 2.06. The molecule has 1 aromatic rings. The van der Waals surface area contributed by atoms with Gasteiger partial charge in [0.1, 0.15) is 5.84 Å². The smallest absolute Gasteiger partial charge is 0.243 e. The SMILES string of the molecule is C#C.O=C(CC1=CC=C=C(c2ccsc2)C=C1)NCCCN/C1=N/NC(=O)C/C=C\C=C/C1. The van der Waals surface area contributed by atoms with Gasteiger partial charge in [0.15, 0.2) is 0 Å². The van der Waals surface area contributed by atoms with Crippen molar-refractivity contribution in [1.29, 1.82) is 0 Å². The van der Waals surface area contributed by atoms with Crippen molar-refractivity contribution in [3.8, 4) is 12.8 Å². The Bertz CT molecular complexity index is 1030. The van der Waals surface area contributed by atoms with Crippen LogP contribution in [-0.2, 0) is 9.59 Å². The van der Waals surface area contributed by atoms with Crippen LogP contribution in [0.2, 0.25) is 0 Å². The van der Waals surface area contributed by atoms with Gasteiger partial charge in [0.05, 0.1) is 6.42 Å². The van der Waals surface area contributed by atoms with Gasteiger partial charge in [0, 0.05) is 37.1 Å². The summed E-state index contributed by atoms with van der Waals surface area (Å²) in [7, 11) is 0. The summed E-state index contributed by atoms with van der Waals surface area (Å²) in [5.74, 6) is 0.537. The molecule has 0 fully saturated rings. The zero-order valence-corrected chi connectivity index (χ0v) is 19.2. The maximum atomic E-state index is 12.3. The molecular weight excluding hydrogens is 432 g/mol. The predicted molar refractivity (Wildman–Crippen MR) is 136 cm³/mol. The minimum Gasteiger partial charge on any atom is -0.372 e. The number of hydrazone groups is 1. The maximum Gasteiger partial charge on any atom is 0.243 e. The molecule has 0 spiro atoms. The molecule has 3 N–H and O–H groups in total. The van der Waals surface area contributed by atoms with Gasteiger partial charge < -0.3 is 10.6 Å². The Labute approximate surface area is 199 Å². The molecule has 7 heteroatoms. The lowest BCUT2D eigenvalue weighted by atomic mass is 10.1. The molecule has 0 unspecified atom stereocenters. The molecule has 6 nitrogen and oxygen atoms in total. The topological polar surface area (TPSA) is 82.6 Å². The molecule has 0 saturated heterocycles. The van der Waals surface area contributed by atoms with Crippen molar-refractivity contribution < 1.29 is 9.59 Å². The Hall–Kier alpha value is -3.85. The summed E-state index contributed by atoms with van der Waals surface area (Å²) in [6.45, 7) is 1.22. The van der Waals surface area contributed by atoms with Crippen molar-refractivity contribution in [3.63, 3.8) is 0 Å². The first-order valence-corrected chi connectivity index (χ1v) is 11.5. The summed E-state index contributed by atoms with van der Waals surface area (Å²) in [4.78, 5) is 23.8. The highest BCUT2D eigenvalue weighted by Crippen LogP contribution is 2.20. The highest BCUT2D eigenvalue weighted by molar-refractivity contribution is 7.08. The van der Waals surface area contributed by atoms with Crippen molar-refractivity contribution in [2.75, 3.05) is 13.1 Å². The van der Waals surface area contributed by atoms with Gasteiger partial charge in [0.25, 0.3) is 0 Å². The molecule has 3 rings (SSSR count). The van der Waals surface area contributed by atoms with Crippen LogP contribution in [-0.4, -0.2) is 30.7 Å². The molecule has 0 saturated carbocycles. The van der Waals surface area contributed by atoms with Crippen molar-refractivity contribution in [3.05, 3.63) is 82.3 Å². The first-order chi connectivity index (χ1) is 16.2. The van der Waals surface area contributed by atoms with E-state index in [1.165, 1.54) is 0 Å². The van der Waals surface area contributed by atoms with Crippen LogP contribution < -0.4 is 16.1 Å². The third-order valence-corrected chi connectivity index (χ3v) is 5.20. The zero-order valence-electron chi connectivity index (χ0n) is 18.4. The standard InChI is InChI=1S/C24H26N4O2S.C2H2/c29-23-10-4-2-1-3-9-22(27-28-23)25-14-6-15-26-24(30)17-19-7-5-8-20(12-11-19)21-13-16-31-18-21;1-2/h1-5,7,11-13,16,18H,6,9-10,14-15,17H2,(H,25,27)(H,26,30)(H,28,29);1-2H/b3-1-,4-2-;. The van der Waals surface area contributed by atoms with E-state index in [-0.39, 0.29) is 11.8 Å². The summed E-state index contributed by atoms with van der Waals surface area (Å²) < 4.78 is 0. The molecule has 0 radical (unpaired) electrons. The highest BCUT2D eigenvalue weighted by atomic mass is 32.1. The van der Waals surface area contributed by atoms with E-state index in [1.807, 2.05) is 47.9 Å². The van der Waals surface area contributed by atoms with Crippen molar-refractivity contribution in [2.45, 2.75) is 25.7 Å². The number of hydrogen-bond acceptors (Lipinski definition) is 5. The first-order valence-electron chi connectivity index (χ1n) is 10.6. The fourth-order valence-electron chi connectivity index (χ4n) is 2.89. The van der Waals surface area contributed by atoms with Crippen LogP contribution in [0, 0.1) is 12.8 Å². The molecule has 1 aromatic heterocycles. The molecule has 0 bridgehead atoms. The molecular formula is C26H28N4O2S. The lowest BCUT2D eigenvalue weighted by molar-refractivity contribution is -0.121. The van der Waals surface area contributed by atoms with E-state index in [2.05, 4.69) is 51.2 Å². The lowest BCUT2D eigenvalue weighted by Crippen LogP contribution is -2.31. The van der Waals surface area contributed by atoms with Gasteiger partial charge in [-0.1, -0.05) is 36.5 Å². The lowest BCUT2D eigenvalue weighted by Gasteiger charge is -2.10. The van der Waals surface area contributed by atoms with Crippen molar-refractivity contribution in [2.24, 2.45) is 5.10 Å². The van der Waals surface area contributed by atoms with Gasteiger partial charge in [-0.15, -0.1) is 18.6 Å². The van der Waals surface area contributed by atoms with Gasteiger partial charge in [0.2, 0.25) is 11.8 Å². The molecule has 1 aliphatic carbocycles. The number of thiophene rings is 1. The van der Waals surface area contributed by atoms with E-state index in [1.54, 1.807) is 17.4 Å². The summed E-state index contributed by atoms with van der Waals surface area (Å²) >= 11 is 1.65. The average Bonchev–Trinajstić information content (AvgIpc) is 3.27. The molecule has 170 valence electrons. The van der Waals surface area contributed by atoms with Crippen LogP contribution in [0.3, 0.4) is 0 Å². The Morgan fingerprint density at radius 3 is 2.79 bits per heavy atom. The number of amidine groups is 1. The fourth-order valence-corrected chi connectivity index (χ4v) is 3.55.